The van der Waals surface area contributed by atoms with E-state index in [0.717, 1.165) is 0 Å². The molecule has 3 aliphatic rings. The van der Waals surface area contributed by atoms with Gasteiger partial charge in [0.05, 0.1) is 13.2 Å². The van der Waals surface area contributed by atoms with Gasteiger partial charge in [0.15, 0.2) is 0 Å². The van der Waals surface area contributed by atoms with Crippen LogP contribution in [-0.2, 0) is 19.1 Å². The van der Waals surface area contributed by atoms with Gasteiger partial charge in [0.2, 0.25) is 0 Å². The van der Waals surface area contributed by atoms with Gasteiger partial charge in [0, 0.05) is 13.8 Å². The molecule has 0 aromatic rings. The number of carbonyl (C=O) groups is 2. The van der Waals surface area contributed by atoms with Crippen LogP contribution in [-0.4, -0.2) is 25.2 Å². The molecule has 0 amide bonds. The Morgan fingerprint density at radius 2 is 0.567 bits per heavy atom. The molecule has 0 unspecified atom stereocenters. The molecule has 3 fully saturated rings. The SMILES string of the molecule is C1CCCCC1.C1CCCCC1.C1CCCCC1.CCOC(C)=O.CCOC(C)=O. The summed E-state index contributed by atoms with van der Waals surface area (Å²) >= 11 is 0. The number of esters is 2. The van der Waals surface area contributed by atoms with Gasteiger partial charge >= 0.3 is 11.9 Å². The van der Waals surface area contributed by atoms with Crippen molar-refractivity contribution in [3.63, 3.8) is 0 Å². The van der Waals surface area contributed by atoms with E-state index < -0.39 is 0 Å². The van der Waals surface area contributed by atoms with Crippen molar-refractivity contribution in [1.29, 1.82) is 0 Å². The number of hydrogen-bond donors (Lipinski definition) is 0. The first-order chi connectivity index (χ1) is 14.5. The molecule has 4 nitrogen and oxygen atoms in total. The number of hydrogen-bond acceptors (Lipinski definition) is 4. The van der Waals surface area contributed by atoms with E-state index in [-0.39, 0.29) is 11.9 Å². The van der Waals surface area contributed by atoms with Crippen molar-refractivity contribution in [3.05, 3.63) is 0 Å². The van der Waals surface area contributed by atoms with E-state index in [1.165, 1.54) is 129 Å². The Hall–Kier alpha value is -1.06. The van der Waals surface area contributed by atoms with Crippen molar-refractivity contribution in [3.8, 4) is 0 Å². The highest BCUT2D eigenvalue weighted by Gasteiger charge is 1.96. The van der Waals surface area contributed by atoms with Crippen LogP contribution in [0.4, 0.5) is 0 Å². The van der Waals surface area contributed by atoms with E-state index in [1.807, 2.05) is 0 Å². The number of rotatable bonds is 2. The fourth-order valence-corrected chi connectivity index (χ4v) is 3.59. The third kappa shape index (κ3) is 34.4. The lowest BCUT2D eigenvalue weighted by Crippen LogP contribution is -1.95. The average molecular weight is 429 g/mol. The molecule has 30 heavy (non-hydrogen) atoms. The van der Waals surface area contributed by atoms with Gasteiger partial charge in [-0.1, -0.05) is 116 Å². The van der Waals surface area contributed by atoms with Gasteiger partial charge in [0.1, 0.15) is 0 Å². The molecule has 0 heterocycles. The minimum atomic E-state index is -0.211. The van der Waals surface area contributed by atoms with Gasteiger partial charge in [-0.2, -0.15) is 0 Å². The predicted molar refractivity (Wildman–Crippen MR) is 128 cm³/mol. The molecule has 180 valence electrons. The summed E-state index contributed by atoms with van der Waals surface area (Å²) < 4.78 is 8.81. The zero-order chi connectivity index (χ0) is 22.7. The van der Waals surface area contributed by atoms with Crippen LogP contribution in [0, 0.1) is 0 Å². The molecular weight excluding hydrogens is 376 g/mol. The molecule has 0 spiro atoms. The molecule has 0 N–H and O–H groups in total. The van der Waals surface area contributed by atoms with Crippen molar-refractivity contribution >= 4 is 11.9 Å². The summed E-state index contributed by atoms with van der Waals surface area (Å²) in [5.41, 5.74) is 0. The van der Waals surface area contributed by atoms with Gasteiger partial charge in [-0.3, -0.25) is 9.59 Å². The Bertz CT molecular complexity index is 264. The molecule has 3 rings (SSSR count). The monoisotopic (exact) mass is 428 g/mol. The maximum Gasteiger partial charge on any atom is 0.302 e. The lowest BCUT2D eigenvalue weighted by Gasteiger charge is -2.05. The van der Waals surface area contributed by atoms with E-state index in [1.54, 1.807) is 13.8 Å². The van der Waals surface area contributed by atoms with E-state index in [9.17, 15) is 9.59 Å². The van der Waals surface area contributed by atoms with Gasteiger partial charge in [0.25, 0.3) is 0 Å². The summed E-state index contributed by atoms with van der Waals surface area (Å²) in [6, 6.07) is 0. The second kappa shape index (κ2) is 27.9. The molecule has 0 aromatic heterocycles. The van der Waals surface area contributed by atoms with Crippen molar-refractivity contribution in [2.45, 2.75) is 143 Å². The molecule has 0 aliphatic heterocycles. The summed E-state index contributed by atoms with van der Waals surface area (Å²) in [7, 11) is 0. The molecule has 0 radical (unpaired) electrons. The zero-order valence-electron chi connectivity index (χ0n) is 20.8. The third-order valence-corrected chi connectivity index (χ3v) is 5.20. The van der Waals surface area contributed by atoms with Gasteiger partial charge < -0.3 is 9.47 Å². The van der Waals surface area contributed by atoms with Crippen LogP contribution < -0.4 is 0 Å². The fourth-order valence-electron chi connectivity index (χ4n) is 3.59. The Balaban J connectivity index is 0. The minimum Gasteiger partial charge on any atom is -0.466 e. The Morgan fingerprint density at radius 3 is 0.600 bits per heavy atom. The Morgan fingerprint density at radius 1 is 0.433 bits per heavy atom. The van der Waals surface area contributed by atoms with Crippen molar-refractivity contribution in [1.82, 2.24) is 0 Å². The molecule has 0 aromatic carbocycles. The molecule has 0 atom stereocenters. The second-order valence-corrected chi connectivity index (χ2v) is 8.21. The first-order valence-electron chi connectivity index (χ1n) is 12.8. The van der Waals surface area contributed by atoms with Crippen LogP contribution >= 0.6 is 0 Å². The predicted octanol–water partition coefficient (Wildman–Crippen LogP) is 8.16. The van der Waals surface area contributed by atoms with E-state index in [0.29, 0.717) is 13.2 Å². The highest BCUT2D eigenvalue weighted by Crippen LogP contribution is 2.16. The van der Waals surface area contributed by atoms with Gasteiger partial charge in [-0.25, -0.2) is 0 Å². The molecule has 0 bridgehead atoms. The van der Waals surface area contributed by atoms with Crippen molar-refractivity contribution < 1.29 is 19.1 Å². The lowest BCUT2D eigenvalue weighted by molar-refractivity contribution is -0.141. The summed E-state index contributed by atoms with van der Waals surface area (Å²) in [6.07, 6.45) is 27.0. The fraction of sp³-hybridized carbons (Fsp3) is 0.923. The molecule has 3 aliphatic carbocycles. The maximum atomic E-state index is 9.82. The molecule has 0 saturated heterocycles. The second-order valence-electron chi connectivity index (χ2n) is 8.21. The van der Waals surface area contributed by atoms with Crippen LogP contribution in [0.15, 0.2) is 0 Å². The maximum absolute atomic E-state index is 9.82. The Kier molecular flexibility index (Phi) is 29.0. The zero-order valence-corrected chi connectivity index (χ0v) is 20.8. The molecular formula is C26H52O4. The Labute approximate surface area is 187 Å². The highest BCUT2D eigenvalue weighted by atomic mass is 16.5. The topological polar surface area (TPSA) is 52.6 Å². The third-order valence-electron chi connectivity index (χ3n) is 5.20. The average Bonchev–Trinajstić information content (AvgIpc) is 2.79. The van der Waals surface area contributed by atoms with Crippen LogP contribution in [0.1, 0.15) is 143 Å². The normalized spacial score (nSPS) is 17.5. The van der Waals surface area contributed by atoms with Crippen LogP contribution in [0.25, 0.3) is 0 Å². The standard InChI is InChI=1S/3C6H12.2C4H8O2/c3*1-2-4-6-5-3-1;2*1-3-6-4(2)5/h3*1-6H2;2*3H2,1-2H3. The summed E-state index contributed by atoms with van der Waals surface area (Å²) in [6.45, 7) is 7.31. The quantitative estimate of drug-likeness (QED) is 0.416. The highest BCUT2D eigenvalue weighted by molar-refractivity contribution is 5.66. The molecule has 4 heteroatoms. The minimum absolute atomic E-state index is 0.211. The van der Waals surface area contributed by atoms with E-state index in [4.69, 9.17) is 0 Å². The molecule has 3 saturated carbocycles. The summed E-state index contributed by atoms with van der Waals surface area (Å²) in [5.74, 6) is -0.421. The van der Waals surface area contributed by atoms with Crippen molar-refractivity contribution in [2.75, 3.05) is 13.2 Å². The number of carbonyl (C=O) groups excluding carboxylic acids is 2. The van der Waals surface area contributed by atoms with Crippen LogP contribution in [0.2, 0.25) is 0 Å². The van der Waals surface area contributed by atoms with Crippen LogP contribution in [0.3, 0.4) is 0 Å². The smallest absolute Gasteiger partial charge is 0.302 e. The van der Waals surface area contributed by atoms with Gasteiger partial charge in [-0.15, -0.1) is 0 Å². The van der Waals surface area contributed by atoms with Crippen molar-refractivity contribution in [2.24, 2.45) is 0 Å². The summed E-state index contributed by atoms with van der Waals surface area (Å²) in [5, 5.41) is 0. The summed E-state index contributed by atoms with van der Waals surface area (Å²) in [4.78, 5) is 19.6. The van der Waals surface area contributed by atoms with E-state index >= 15 is 0 Å². The lowest BCUT2D eigenvalue weighted by atomic mass is 10.0. The van der Waals surface area contributed by atoms with Gasteiger partial charge in [-0.05, 0) is 13.8 Å². The van der Waals surface area contributed by atoms with Crippen LogP contribution in [0.5, 0.6) is 0 Å². The largest absolute Gasteiger partial charge is 0.466 e. The first kappa shape index (κ1) is 31.1. The number of ether oxygens (including phenoxy) is 2. The van der Waals surface area contributed by atoms with E-state index in [2.05, 4.69) is 9.47 Å². The first-order valence-corrected chi connectivity index (χ1v) is 12.8.